The van der Waals surface area contributed by atoms with Crippen LogP contribution >= 0.6 is 23.3 Å². The van der Waals surface area contributed by atoms with Gasteiger partial charge in [0.1, 0.15) is 4.88 Å². The van der Waals surface area contributed by atoms with Crippen LogP contribution in [0.1, 0.15) is 23.7 Å². The van der Waals surface area contributed by atoms with Crippen molar-refractivity contribution in [2.75, 3.05) is 0 Å². The second-order valence-electron chi connectivity index (χ2n) is 5.01. The van der Waals surface area contributed by atoms with Crippen LogP contribution in [-0.2, 0) is 12.3 Å². The highest BCUT2D eigenvalue weighted by molar-refractivity contribution is 7.98. The Bertz CT molecular complexity index is 761. The summed E-state index contributed by atoms with van der Waals surface area (Å²) in [5.74, 6) is 1.75. The van der Waals surface area contributed by atoms with Gasteiger partial charge in [0, 0.05) is 12.3 Å². The summed E-state index contributed by atoms with van der Waals surface area (Å²) in [5.41, 5.74) is 3.47. The van der Waals surface area contributed by atoms with Crippen LogP contribution in [0.15, 0.2) is 29.4 Å². The molecule has 7 heteroatoms. The Morgan fingerprint density at radius 1 is 1.09 bits per heavy atom. The molecule has 0 atom stereocenters. The van der Waals surface area contributed by atoms with E-state index in [1.807, 2.05) is 6.92 Å². The maximum absolute atomic E-state index is 4.34. The van der Waals surface area contributed by atoms with Gasteiger partial charge in [0.05, 0.1) is 5.69 Å². The standard InChI is InChI=1S/C15H17N5S2/c1-4-20-14(13-11(3)16-19-22-13)17-18-15(20)21-9-12-7-5-10(2)6-8-12/h5-8H,4,9H2,1-3H3. The van der Waals surface area contributed by atoms with Crippen molar-refractivity contribution in [3.8, 4) is 10.7 Å². The number of rotatable bonds is 5. The van der Waals surface area contributed by atoms with Crippen LogP contribution in [0.2, 0.25) is 0 Å². The maximum Gasteiger partial charge on any atom is 0.191 e. The molecule has 2 heterocycles. The third kappa shape index (κ3) is 3.05. The molecule has 0 aliphatic carbocycles. The van der Waals surface area contributed by atoms with Crippen molar-refractivity contribution in [1.29, 1.82) is 0 Å². The van der Waals surface area contributed by atoms with Gasteiger partial charge in [-0.2, -0.15) is 0 Å². The molecule has 0 aliphatic rings. The Morgan fingerprint density at radius 2 is 1.86 bits per heavy atom. The lowest BCUT2D eigenvalue weighted by Gasteiger charge is -2.06. The van der Waals surface area contributed by atoms with E-state index in [9.17, 15) is 0 Å². The third-order valence-electron chi connectivity index (χ3n) is 3.38. The minimum absolute atomic E-state index is 0.829. The van der Waals surface area contributed by atoms with Gasteiger partial charge in [0.25, 0.3) is 0 Å². The molecule has 3 rings (SSSR count). The molecule has 0 bridgehead atoms. The highest BCUT2D eigenvalue weighted by Gasteiger charge is 2.17. The van der Waals surface area contributed by atoms with E-state index >= 15 is 0 Å². The molecule has 0 saturated heterocycles. The number of aromatic nitrogens is 5. The fourth-order valence-electron chi connectivity index (χ4n) is 2.12. The molecule has 0 N–H and O–H groups in total. The van der Waals surface area contributed by atoms with Crippen LogP contribution in [0, 0.1) is 13.8 Å². The van der Waals surface area contributed by atoms with E-state index in [0.717, 1.165) is 33.8 Å². The lowest BCUT2D eigenvalue weighted by molar-refractivity contribution is 0.687. The summed E-state index contributed by atoms with van der Waals surface area (Å²) in [5, 5.41) is 13.7. The molecule has 1 aromatic carbocycles. The second kappa shape index (κ2) is 6.58. The zero-order valence-corrected chi connectivity index (χ0v) is 14.4. The highest BCUT2D eigenvalue weighted by Crippen LogP contribution is 2.29. The van der Waals surface area contributed by atoms with E-state index in [0.29, 0.717) is 0 Å². The maximum atomic E-state index is 4.34. The number of nitrogens with zero attached hydrogens (tertiary/aromatic N) is 5. The van der Waals surface area contributed by atoms with Crippen LogP contribution in [-0.4, -0.2) is 24.4 Å². The molecule has 0 aliphatic heterocycles. The molecule has 0 radical (unpaired) electrons. The van der Waals surface area contributed by atoms with Gasteiger partial charge in [-0.05, 0) is 37.9 Å². The molecule has 5 nitrogen and oxygen atoms in total. The smallest absolute Gasteiger partial charge is 0.191 e. The summed E-state index contributed by atoms with van der Waals surface area (Å²) in [6, 6.07) is 8.59. The van der Waals surface area contributed by atoms with E-state index in [4.69, 9.17) is 0 Å². The lowest BCUT2D eigenvalue weighted by Crippen LogP contribution is -1.99. The highest BCUT2D eigenvalue weighted by atomic mass is 32.2. The summed E-state index contributed by atoms with van der Waals surface area (Å²) in [7, 11) is 0. The van der Waals surface area contributed by atoms with Crippen LogP contribution in [0.4, 0.5) is 0 Å². The monoisotopic (exact) mass is 331 g/mol. The summed E-state index contributed by atoms with van der Waals surface area (Å²) in [6.07, 6.45) is 0. The largest absolute Gasteiger partial charge is 0.302 e. The summed E-state index contributed by atoms with van der Waals surface area (Å²) < 4.78 is 6.11. The normalized spacial score (nSPS) is 11.0. The molecule has 2 aromatic heterocycles. The zero-order valence-electron chi connectivity index (χ0n) is 12.8. The average molecular weight is 331 g/mol. The minimum atomic E-state index is 0.829. The fraction of sp³-hybridized carbons (Fsp3) is 0.333. The number of hydrogen-bond acceptors (Lipinski definition) is 6. The van der Waals surface area contributed by atoms with Crippen molar-refractivity contribution in [3.63, 3.8) is 0 Å². The predicted octanol–water partition coefficient (Wildman–Crippen LogP) is 3.73. The van der Waals surface area contributed by atoms with E-state index < -0.39 is 0 Å². The van der Waals surface area contributed by atoms with Gasteiger partial charge in [-0.3, -0.25) is 0 Å². The quantitative estimate of drug-likeness (QED) is 0.667. The summed E-state index contributed by atoms with van der Waals surface area (Å²) in [4.78, 5) is 0.997. The van der Waals surface area contributed by atoms with Gasteiger partial charge in [0.15, 0.2) is 11.0 Å². The number of aryl methyl sites for hydroxylation is 2. The van der Waals surface area contributed by atoms with Crippen molar-refractivity contribution in [3.05, 3.63) is 41.1 Å². The Labute approximate surface area is 138 Å². The Kier molecular flexibility index (Phi) is 4.54. The van der Waals surface area contributed by atoms with Crippen LogP contribution in [0.25, 0.3) is 10.7 Å². The molecular weight excluding hydrogens is 314 g/mol. The SMILES string of the molecule is CCn1c(SCc2ccc(C)cc2)nnc1-c1snnc1C. The molecule has 0 saturated carbocycles. The molecule has 0 spiro atoms. The van der Waals surface area contributed by atoms with Crippen LogP contribution in [0.3, 0.4) is 0 Å². The first-order valence-electron chi connectivity index (χ1n) is 7.10. The molecule has 114 valence electrons. The summed E-state index contributed by atoms with van der Waals surface area (Å²) in [6.45, 7) is 6.98. The average Bonchev–Trinajstić information content (AvgIpc) is 3.12. The molecule has 0 fully saturated rings. The van der Waals surface area contributed by atoms with E-state index in [-0.39, 0.29) is 0 Å². The van der Waals surface area contributed by atoms with Gasteiger partial charge in [-0.1, -0.05) is 46.1 Å². The zero-order chi connectivity index (χ0) is 15.5. The summed E-state index contributed by atoms with van der Waals surface area (Å²) >= 11 is 3.08. The molecule has 3 aromatic rings. The van der Waals surface area contributed by atoms with Crippen LogP contribution in [0.5, 0.6) is 0 Å². The first-order chi connectivity index (χ1) is 10.7. The topological polar surface area (TPSA) is 56.5 Å². The second-order valence-corrected chi connectivity index (χ2v) is 6.71. The van der Waals surface area contributed by atoms with Crippen molar-refractivity contribution < 1.29 is 0 Å². The predicted molar refractivity (Wildman–Crippen MR) is 90.1 cm³/mol. The molecular formula is C15H17N5S2. The van der Waals surface area contributed by atoms with Crippen molar-refractivity contribution in [2.45, 2.75) is 38.2 Å². The van der Waals surface area contributed by atoms with E-state index in [1.54, 1.807) is 11.8 Å². The third-order valence-corrected chi connectivity index (χ3v) is 5.24. The Hall–Kier alpha value is -1.73. The first-order valence-corrected chi connectivity index (χ1v) is 8.85. The van der Waals surface area contributed by atoms with Crippen molar-refractivity contribution in [2.24, 2.45) is 0 Å². The number of thioether (sulfide) groups is 1. The van der Waals surface area contributed by atoms with Crippen molar-refractivity contribution in [1.82, 2.24) is 24.4 Å². The van der Waals surface area contributed by atoms with Gasteiger partial charge < -0.3 is 4.57 Å². The Morgan fingerprint density at radius 3 is 2.50 bits per heavy atom. The first kappa shape index (κ1) is 15.2. The molecule has 0 unspecified atom stereocenters. The van der Waals surface area contributed by atoms with Crippen LogP contribution < -0.4 is 0 Å². The van der Waals surface area contributed by atoms with E-state index in [2.05, 4.69) is 62.5 Å². The van der Waals surface area contributed by atoms with Gasteiger partial charge in [-0.25, -0.2) is 0 Å². The van der Waals surface area contributed by atoms with Gasteiger partial charge in [0.2, 0.25) is 0 Å². The number of hydrogen-bond donors (Lipinski definition) is 0. The number of benzene rings is 1. The molecule has 0 amide bonds. The molecule has 22 heavy (non-hydrogen) atoms. The minimum Gasteiger partial charge on any atom is -0.302 e. The van der Waals surface area contributed by atoms with Gasteiger partial charge in [-0.15, -0.1) is 15.3 Å². The van der Waals surface area contributed by atoms with Crippen molar-refractivity contribution >= 4 is 23.3 Å². The lowest BCUT2D eigenvalue weighted by atomic mass is 10.2. The van der Waals surface area contributed by atoms with Gasteiger partial charge >= 0.3 is 0 Å². The Balaban J connectivity index is 1.81. The van der Waals surface area contributed by atoms with E-state index in [1.165, 1.54) is 22.7 Å². The fourth-order valence-corrected chi connectivity index (χ4v) is 3.73.